The van der Waals surface area contributed by atoms with Gasteiger partial charge in [0.25, 0.3) is 0 Å². The van der Waals surface area contributed by atoms with E-state index in [9.17, 15) is 4.79 Å². The van der Waals surface area contributed by atoms with Crippen LogP contribution >= 0.6 is 0 Å². The molecule has 0 saturated heterocycles. The number of carbonyl (C=O) groups is 1. The van der Waals surface area contributed by atoms with Gasteiger partial charge in [-0.3, -0.25) is 4.79 Å². The zero-order valence-electron chi connectivity index (χ0n) is 11.7. The molecule has 0 unspecified atom stereocenters. The monoisotopic (exact) mass is 281 g/mol. The predicted molar refractivity (Wildman–Crippen MR) is 77.5 cm³/mol. The van der Waals surface area contributed by atoms with Gasteiger partial charge in [-0.15, -0.1) is 0 Å². The molecule has 112 valence electrons. The molecule has 0 fully saturated rings. The maximum absolute atomic E-state index is 11.4. The van der Waals surface area contributed by atoms with Gasteiger partial charge in [-0.2, -0.15) is 0 Å². The molecule has 0 heterocycles. The van der Waals surface area contributed by atoms with Crippen LogP contribution in [-0.4, -0.2) is 30.9 Å². The molecule has 0 aliphatic carbocycles. The molecular weight excluding hydrogens is 258 g/mol. The molecule has 0 saturated carbocycles. The van der Waals surface area contributed by atoms with E-state index in [1.807, 2.05) is 0 Å². The van der Waals surface area contributed by atoms with E-state index in [1.54, 1.807) is 24.3 Å². The summed E-state index contributed by atoms with van der Waals surface area (Å²) in [5.41, 5.74) is 6.25. The molecule has 0 amide bonds. The SMILES string of the molecule is Nc1cccc(OCCC(=O)OCCCCCCO)c1. The Morgan fingerprint density at radius 1 is 1.15 bits per heavy atom. The highest BCUT2D eigenvalue weighted by Crippen LogP contribution is 2.14. The van der Waals surface area contributed by atoms with Crippen LogP contribution in [0.5, 0.6) is 5.75 Å². The number of carbonyl (C=O) groups excluding carboxylic acids is 1. The standard InChI is InChI=1S/C15H23NO4/c16-13-6-5-7-14(12-13)19-11-8-15(18)20-10-4-2-1-3-9-17/h5-7,12,17H,1-4,8-11,16H2. The molecule has 3 N–H and O–H groups in total. The normalized spacial score (nSPS) is 10.2. The minimum atomic E-state index is -0.254. The summed E-state index contributed by atoms with van der Waals surface area (Å²) >= 11 is 0. The van der Waals surface area contributed by atoms with Crippen LogP contribution < -0.4 is 10.5 Å². The fourth-order valence-electron chi connectivity index (χ4n) is 1.68. The highest BCUT2D eigenvalue weighted by atomic mass is 16.5. The highest BCUT2D eigenvalue weighted by Gasteiger charge is 2.03. The zero-order valence-corrected chi connectivity index (χ0v) is 11.7. The lowest BCUT2D eigenvalue weighted by Crippen LogP contribution is -2.10. The average Bonchev–Trinajstić information content (AvgIpc) is 2.43. The molecule has 1 rings (SSSR count). The molecular formula is C15H23NO4. The number of ether oxygens (including phenoxy) is 2. The first-order valence-electron chi connectivity index (χ1n) is 6.97. The Balaban J connectivity index is 2.03. The number of aliphatic hydroxyl groups excluding tert-OH is 1. The van der Waals surface area contributed by atoms with E-state index in [-0.39, 0.29) is 25.6 Å². The van der Waals surface area contributed by atoms with Gasteiger partial charge in [0, 0.05) is 18.4 Å². The number of aliphatic hydroxyl groups is 1. The van der Waals surface area contributed by atoms with Crippen molar-refractivity contribution in [1.29, 1.82) is 0 Å². The molecule has 0 aliphatic heterocycles. The van der Waals surface area contributed by atoms with Gasteiger partial charge in [-0.25, -0.2) is 0 Å². The zero-order chi connectivity index (χ0) is 14.6. The van der Waals surface area contributed by atoms with Crippen molar-refractivity contribution in [2.45, 2.75) is 32.1 Å². The number of hydrogen-bond donors (Lipinski definition) is 2. The third-order valence-electron chi connectivity index (χ3n) is 2.75. The van der Waals surface area contributed by atoms with Crippen molar-refractivity contribution in [2.24, 2.45) is 0 Å². The van der Waals surface area contributed by atoms with Crippen LogP contribution in [0.2, 0.25) is 0 Å². The van der Waals surface area contributed by atoms with Gasteiger partial charge in [0.2, 0.25) is 0 Å². The van der Waals surface area contributed by atoms with Gasteiger partial charge in [-0.05, 0) is 31.4 Å². The first-order valence-corrected chi connectivity index (χ1v) is 6.97. The van der Waals surface area contributed by atoms with Gasteiger partial charge in [0.1, 0.15) is 5.75 Å². The topological polar surface area (TPSA) is 81.8 Å². The molecule has 1 aromatic carbocycles. The Hall–Kier alpha value is -1.75. The van der Waals surface area contributed by atoms with Crippen molar-refractivity contribution in [2.75, 3.05) is 25.6 Å². The summed E-state index contributed by atoms with van der Waals surface area (Å²) in [6.45, 7) is 0.941. The van der Waals surface area contributed by atoms with Crippen molar-refractivity contribution in [3.8, 4) is 5.75 Å². The number of benzene rings is 1. The number of esters is 1. The highest BCUT2D eigenvalue weighted by molar-refractivity contribution is 5.69. The van der Waals surface area contributed by atoms with Gasteiger partial charge in [0.05, 0.1) is 19.6 Å². The van der Waals surface area contributed by atoms with Crippen molar-refractivity contribution in [1.82, 2.24) is 0 Å². The van der Waals surface area contributed by atoms with E-state index in [0.29, 0.717) is 18.0 Å². The molecule has 0 radical (unpaired) electrons. The average molecular weight is 281 g/mol. The summed E-state index contributed by atoms with van der Waals surface area (Å²) < 4.78 is 10.5. The number of nitrogen functional groups attached to an aromatic ring is 1. The molecule has 0 aromatic heterocycles. The molecule has 0 aliphatic rings. The van der Waals surface area contributed by atoms with Crippen LogP contribution in [0.15, 0.2) is 24.3 Å². The number of anilines is 1. The fourth-order valence-corrected chi connectivity index (χ4v) is 1.68. The molecule has 20 heavy (non-hydrogen) atoms. The Morgan fingerprint density at radius 2 is 1.95 bits per heavy atom. The summed E-state index contributed by atoms with van der Waals surface area (Å²) in [6.07, 6.45) is 3.80. The Morgan fingerprint density at radius 3 is 2.70 bits per heavy atom. The second-order valence-electron chi connectivity index (χ2n) is 4.53. The maximum Gasteiger partial charge on any atom is 0.309 e. The summed E-state index contributed by atoms with van der Waals surface area (Å²) in [7, 11) is 0. The Bertz CT molecular complexity index is 395. The number of rotatable bonds is 10. The van der Waals surface area contributed by atoms with Crippen LogP contribution in [0.4, 0.5) is 5.69 Å². The second kappa shape index (κ2) is 10.1. The van der Waals surface area contributed by atoms with Crippen LogP contribution in [0.25, 0.3) is 0 Å². The van der Waals surface area contributed by atoms with Crippen molar-refractivity contribution in [3.63, 3.8) is 0 Å². The van der Waals surface area contributed by atoms with Crippen LogP contribution in [0, 0.1) is 0 Å². The van der Waals surface area contributed by atoms with Gasteiger partial charge < -0.3 is 20.3 Å². The van der Waals surface area contributed by atoms with Crippen LogP contribution in [0.3, 0.4) is 0 Å². The minimum absolute atomic E-state index is 0.223. The lowest BCUT2D eigenvalue weighted by atomic mass is 10.2. The third-order valence-corrected chi connectivity index (χ3v) is 2.75. The summed E-state index contributed by atoms with van der Waals surface area (Å²) in [5.74, 6) is 0.401. The van der Waals surface area contributed by atoms with Gasteiger partial charge in [-0.1, -0.05) is 12.5 Å². The first-order chi connectivity index (χ1) is 9.72. The summed E-state index contributed by atoms with van der Waals surface area (Å²) in [5, 5.41) is 8.61. The molecule has 0 bridgehead atoms. The fraction of sp³-hybridized carbons (Fsp3) is 0.533. The van der Waals surface area contributed by atoms with E-state index >= 15 is 0 Å². The first kappa shape index (κ1) is 16.3. The van der Waals surface area contributed by atoms with Crippen molar-refractivity contribution in [3.05, 3.63) is 24.3 Å². The van der Waals surface area contributed by atoms with E-state index in [1.165, 1.54) is 0 Å². The minimum Gasteiger partial charge on any atom is -0.493 e. The lowest BCUT2D eigenvalue weighted by Gasteiger charge is -2.07. The van der Waals surface area contributed by atoms with Gasteiger partial charge >= 0.3 is 5.97 Å². The summed E-state index contributed by atoms with van der Waals surface area (Å²) in [4.78, 5) is 11.4. The Labute approximate surface area is 119 Å². The quantitative estimate of drug-likeness (QED) is 0.390. The summed E-state index contributed by atoms with van der Waals surface area (Å²) in [6, 6.07) is 7.09. The number of nitrogens with two attached hydrogens (primary N) is 1. The lowest BCUT2D eigenvalue weighted by molar-refractivity contribution is -0.144. The van der Waals surface area contributed by atoms with Crippen molar-refractivity contribution >= 4 is 11.7 Å². The largest absolute Gasteiger partial charge is 0.493 e. The second-order valence-corrected chi connectivity index (χ2v) is 4.53. The number of hydrogen-bond acceptors (Lipinski definition) is 5. The van der Waals surface area contributed by atoms with E-state index in [4.69, 9.17) is 20.3 Å². The van der Waals surface area contributed by atoms with Gasteiger partial charge in [0.15, 0.2) is 0 Å². The number of unbranched alkanes of at least 4 members (excludes halogenated alkanes) is 3. The van der Waals surface area contributed by atoms with Crippen LogP contribution in [0.1, 0.15) is 32.1 Å². The Kier molecular flexibility index (Phi) is 8.22. The molecule has 5 heteroatoms. The third kappa shape index (κ3) is 7.63. The molecule has 0 atom stereocenters. The van der Waals surface area contributed by atoms with E-state index < -0.39 is 0 Å². The molecule has 1 aromatic rings. The predicted octanol–water partition coefficient (Wildman–Crippen LogP) is 2.13. The maximum atomic E-state index is 11.4. The van der Waals surface area contributed by atoms with E-state index in [2.05, 4.69) is 0 Å². The molecule has 5 nitrogen and oxygen atoms in total. The van der Waals surface area contributed by atoms with Crippen molar-refractivity contribution < 1.29 is 19.4 Å². The van der Waals surface area contributed by atoms with Crippen LogP contribution in [-0.2, 0) is 9.53 Å². The van der Waals surface area contributed by atoms with E-state index in [0.717, 1.165) is 25.7 Å². The molecule has 0 spiro atoms. The smallest absolute Gasteiger partial charge is 0.309 e.